The van der Waals surface area contributed by atoms with E-state index >= 15 is 0 Å². The fourth-order valence-electron chi connectivity index (χ4n) is 3.92. The summed E-state index contributed by atoms with van der Waals surface area (Å²) in [5, 5.41) is 11.1. The summed E-state index contributed by atoms with van der Waals surface area (Å²) in [5.74, 6) is -0.929. The second-order valence-corrected chi connectivity index (χ2v) is 8.76. The van der Waals surface area contributed by atoms with Crippen LogP contribution in [0.25, 0.3) is 5.76 Å². The Hall–Kier alpha value is -3.13. The molecule has 162 valence electrons. The lowest BCUT2D eigenvalue weighted by atomic mass is 9.95. The number of Topliss-reactive ketones (excluding diaryl/α,β-unsaturated/α-hetero) is 1. The molecule has 1 heterocycles. The van der Waals surface area contributed by atoms with Crippen LogP contribution in [-0.2, 0) is 16.0 Å². The Labute approximate surface area is 200 Å². The van der Waals surface area contributed by atoms with Gasteiger partial charge in [0.15, 0.2) is 0 Å². The van der Waals surface area contributed by atoms with Gasteiger partial charge in [0, 0.05) is 15.7 Å². The number of benzene rings is 3. The Morgan fingerprint density at radius 2 is 1.72 bits per heavy atom. The van der Waals surface area contributed by atoms with Crippen molar-refractivity contribution in [2.45, 2.75) is 12.5 Å². The standard InChI is InChI=1S/C26H22INO4/c1-32-21-9-5-8-19(16-21)24(29)22-23(18-10-12-20(27)13-11-18)28(26(31)25(22)30)15-14-17-6-3-2-4-7-17/h2-13,16,23,29H,14-15H2,1H3. The molecule has 4 rings (SSSR count). The minimum absolute atomic E-state index is 0.0949. The Balaban J connectivity index is 1.79. The molecule has 3 aromatic carbocycles. The number of carbonyl (C=O) groups excluding carboxylic acids is 2. The van der Waals surface area contributed by atoms with E-state index in [0.29, 0.717) is 24.3 Å². The van der Waals surface area contributed by atoms with Crippen molar-refractivity contribution in [3.05, 3.63) is 105 Å². The summed E-state index contributed by atoms with van der Waals surface area (Å²) in [7, 11) is 1.53. The van der Waals surface area contributed by atoms with Crippen LogP contribution in [-0.4, -0.2) is 35.4 Å². The number of aliphatic hydroxyl groups excluding tert-OH is 1. The Morgan fingerprint density at radius 1 is 1.00 bits per heavy atom. The first-order valence-corrected chi connectivity index (χ1v) is 11.3. The molecule has 1 aliphatic rings. The number of likely N-dealkylation sites (tertiary alicyclic amines) is 1. The predicted molar refractivity (Wildman–Crippen MR) is 131 cm³/mol. The zero-order valence-corrected chi connectivity index (χ0v) is 19.7. The molecular formula is C26H22INO4. The normalized spacial score (nSPS) is 17.6. The molecule has 0 bridgehead atoms. The summed E-state index contributed by atoms with van der Waals surface area (Å²) in [6.07, 6.45) is 0.605. The fraction of sp³-hybridized carbons (Fsp3) is 0.154. The summed E-state index contributed by atoms with van der Waals surface area (Å²) < 4.78 is 6.29. The van der Waals surface area contributed by atoms with E-state index in [9.17, 15) is 14.7 Å². The van der Waals surface area contributed by atoms with Crippen LogP contribution >= 0.6 is 22.6 Å². The van der Waals surface area contributed by atoms with Crippen LogP contribution in [0.2, 0.25) is 0 Å². The van der Waals surface area contributed by atoms with Gasteiger partial charge in [-0.15, -0.1) is 0 Å². The largest absolute Gasteiger partial charge is 0.507 e. The number of carbonyl (C=O) groups is 2. The van der Waals surface area contributed by atoms with E-state index in [-0.39, 0.29) is 11.3 Å². The number of methoxy groups -OCH3 is 1. The van der Waals surface area contributed by atoms with E-state index in [4.69, 9.17) is 4.74 Å². The molecule has 0 spiro atoms. The predicted octanol–water partition coefficient (Wildman–Crippen LogP) is 4.96. The van der Waals surface area contributed by atoms with Gasteiger partial charge < -0.3 is 14.7 Å². The molecule has 1 N–H and O–H groups in total. The van der Waals surface area contributed by atoms with Crippen LogP contribution in [0.5, 0.6) is 5.75 Å². The van der Waals surface area contributed by atoms with E-state index in [0.717, 1.165) is 14.7 Å². The van der Waals surface area contributed by atoms with Gasteiger partial charge in [0.25, 0.3) is 11.7 Å². The highest BCUT2D eigenvalue weighted by atomic mass is 127. The Bertz CT molecular complexity index is 1170. The lowest BCUT2D eigenvalue weighted by Gasteiger charge is -2.25. The molecule has 1 amide bonds. The monoisotopic (exact) mass is 539 g/mol. The molecule has 0 aliphatic carbocycles. The molecule has 0 radical (unpaired) electrons. The summed E-state index contributed by atoms with van der Waals surface area (Å²) in [5.41, 5.74) is 2.38. The fourth-order valence-corrected chi connectivity index (χ4v) is 4.28. The van der Waals surface area contributed by atoms with Gasteiger partial charge in [0.1, 0.15) is 11.5 Å². The van der Waals surface area contributed by atoms with Gasteiger partial charge >= 0.3 is 0 Å². The SMILES string of the molecule is COc1cccc(C(O)=C2C(=O)C(=O)N(CCc3ccccc3)C2c2ccc(I)cc2)c1. The van der Waals surface area contributed by atoms with Crippen LogP contribution < -0.4 is 4.74 Å². The number of hydrogen-bond acceptors (Lipinski definition) is 4. The molecule has 1 aliphatic heterocycles. The van der Waals surface area contributed by atoms with Crippen molar-refractivity contribution in [2.24, 2.45) is 0 Å². The van der Waals surface area contributed by atoms with E-state index in [2.05, 4.69) is 22.6 Å². The number of halogens is 1. The molecule has 32 heavy (non-hydrogen) atoms. The third-order valence-electron chi connectivity index (χ3n) is 5.55. The van der Waals surface area contributed by atoms with Gasteiger partial charge in [0.2, 0.25) is 0 Å². The van der Waals surface area contributed by atoms with E-state index in [1.807, 2.05) is 54.6 Å². The molecule has 1 fully saturated rings. The van der Waals surface area contributed by atoms with Crippen molar-refractivity contribution in [2.75, 3.05) is 13.7 Å². The second kappa shape index (κ2) is 9.56. The number of hydrogen-bond donors (Lipinski definition) is 1. The smallest absolute Gasteiger partial charge is 0.295 e. The van der Waals surface area contributed by atoms with Crippen molar-refractivity contribution in [1.29, 1.82) is 0 Å². The molecule has 0 aromatic heterocycles. The number of ether oxygens (including phenoxy) is 1. The second-order valence-electron chi connectivity index (χ2n) is 7.51. The van der Waals surface area contributed by atoms with Gasteiger partial charge in [-0.1, -0.05) is 54.6 Å². The zero-order valence-electron chi connectivity index (χ0n) is 17.5. The van der Waals surface area contributed by atoms with Crippen LogP contribution in [0.1, 0.15) is 22.7 Å². The first-order chi connectivity index (χ1) is 15.5. The summed E-state index contributed by atoms with van der Waals surface area (Å²) in [4.78, 5) is 27.7. The highest BCUT2D eigenvalue weighted by molar-refractivity contribution is 14.1. The minimum atomic E-state index is -0.679. The first-order valence-electron chi connectivity index (χ1n) is 10.2. The third-order valence-corrected chi connectivity index (χ3v) is 6.27. The maximum atomic E-state index is 13.1. The van der Waals surface area contributed by atoms with Gasteiger partial charge in [-0.25, -0.2) is 0 Å². The zero-order chi connectivity index (χ0) is 22.7. The average molecular weight is 539 g/mol. The maximum absolute atomic E-state index is 13.1. The van der Waals surface area contributed by atoms with Crippen LogP contribution in [0.4, 0.5) is 0 Å². The van der Waals surface area contributed by atoms with Crippen molar-refractivity contribution < 1.29 is 19.4 Å². The van der Waals surface area contributed by atoms with Crippen LogP contribution in [0.15, 0.2) is 84.4 Å². The number of aliphatic hydroxyl groups is 1. The van der Waals surface area contributed by atoms with Crippen LogP contribution in [0, 0.1) is 3.57 Å². The minimum Gasteiger partial charge on any atom is -0.507 e. The quantitative estimate of drug-likeness (QED) is 0.208. The highest BCUT2D eigenvalue weighted by Crippen LogP contribution is 2.40. The first kappa shape index (κ1) is 22.1. The van der Waals surface area contributed by atoms with Crippen LogP contribution in [0.3, 0.4) is 0 Å². The summed E-state index contributed by atoms with van der Waals surface area (Å²) in [6.45, 7) is 0.361. The molecule has 5 nitrogen and oxygen atoms in total. The molecule has 1 unspecified atom stereocenters. The molecule has 1 atom stereocenters. The van der Waals surface area contributed by atoms with Gasteiger partial charge in [-0.2, -0.15) is 0 Å². The topological polar surface area (TPSA) is 66.8 Å². The molecule has 6 heteroatoms. The average Bonchev–Trinajstić information content (AvgIpc) is 3.08. The molecule has 0 saturated carbocycles. The van der Waals surface area contributed by atoms with E-state index in [1.54, 1.807) is 29.2 Å². The Morgan fingerprint density at radius 3 is 2.41 bits per heavy atom. The maximum Gasteiger partial charge on any atom is 0.295 e. The van der Waals surface area contributed by atoms with E-state index in [1.165, 1.54) is 7.11 Å². The summed E-state index contributed by atoms with van der Waals surface area (Å²) >= 11 is 2.21. The highest BCUT2D eigenvalue weighted by Gasteiger charge is 2.45. The van der Waals surface area contributed by atoms with Crippen molar-refractivity contribution in [3.8, 4) is 5.75 Å². The number of ketones is 1. The molecular weight excluding hydrogens is 517 g/mol. The molecule has 1 saturated heterocycles. The lowest BCUT2D eigenvalue weighted by Crippen LogP contribution is -2.31. The Kier molecular flexibility index (Phi) is 6.60. The number of nitrogens with zero attached hydrogens (tertiary/aromatic N) is 1. The number of rotatable bonds is 6. The third kappa shape index (κ3) is 4.41. The van der Waals surface area contributed by atoms with Crippen molar-refractivity contribution in [1.82, 2.24) is 4.90 Å². The van der Waals surface area contributed by atoms with Gasteiger partial charge in [-0.3, -0.25) is 9.59 Å². The number of amides is 1. The van der Waals surface area contributed by atoms with E-state index < -0.39 is 17.7 Å². The molecule has 3 aromatic rings. The van der Waals surface area contributed by atoms with Crippen molar-refractivity contribution >= 4 is 40.0 Å². The lowest BCUT2D eigenvalue weighted by molar-refractivity contribution is -0.139. The van der Waals surface area contributed by atoms with Gasteiger partial charge in [0.05, 0.1) is 18.7 Å². The summed E-state index contributed by atoms with van der Waals surface area (Å²) in [6, 6.07) is 23.6. The van der Waals surface area contributed by atoms with Crippen molar-refractivity contribution in [3.63, 3.8) is 0 Å². The van der Waals surface area contributed by atoms with Gasteiger partial charge in [-0.05, 0) is 64.4 Å².